The molecule has 0 bridgehead atoms. The van der Waals surface area contributed by atoms with Gasteiger partial charge in [-0.15, -0.1) is 0 Å². The van der Waals surface area contributed by atoms with E-state index in [1.165, 1.54) is 19.2 Å². The van der Waals surface area contributed by atoms with Crippen LogP contribution < -0.4 is 10.1 Å². The van der Waals surface area contributed by atoms with Crippen molar-refractivity contribution in [2.75, 3.05) is 12.4 Å². The number of ether oxygens (including phenoxy) is 1. The Morgan fingerprint density at radius 2 is 2.11 bits per heavy atom. The third-order valence-electron chi connectivity index (χ3n) is 2.51. The first kappa shape index (κ1) is 12.8. The second-order valence-electron chi connectivity index (χ2n) is 3.96. The predicted octanol–water partition coefficient (Wildman–Crippen LogP) is 3.15. The van der Waals surface area contributed by atoms with Crippen molar-refractivity contribution in [2.24, 2.45) is 0 Å². The lowest BCUT2D eigenvalue weighted by Gasteiger charge is -2.11. The summed E-state index contributed by atoms with van der Waals surface area (Å²) >= 11 is 0. The van der Waals surface area contributed by atoms with Crippen molar-refractivity contribution >= 4 is 11.5 Å². The van der Waals surface area contributed by atoms with Gasteiger partial charge in [0.25, 0.3) is 0 Å². The number of methoxy groups -OCH3 is 1. The van der Waals surface area contributed by atoms with E-state index in [0.717, 1.165) is 5.69 Å². The molecule has 1 N–H and O–H groups in total. The first-order valence-corrected chi connectivity index (χ1v) is 5.61. The fourth-order valence-corrected chi connectivity index (χ4v) is 1.70. The maximum atomic E-state index is 13.1. The number of pyridine rings is 1. The molecule has 0 aliphatic rings. The second kappa shape index (κ2) is 5.36. The van der Waals surface area contributed by atoms with Crippen LogP contribution in [0.5, 0.6) is 5.75 Å². The maximum Gasteiger partial charge on any atom is 0.145 e. The van der Waals surface area contributed by atoms with Crippen LogP contribution in [0, 0.1) is 24.1 Å². The van der Waals surface area contributed by atoms with Gasteiger partial charge in [0.05, 0.1) is 24.4 Å². The van der Waals surface area contributed by atoms with Gasteiger partial charge in [0.15, 0.2) is 0 Å². The molecule has 96 valence electrons. The largest absolute Gasteiger partial charge is 0.494 e. The van der Waals surface area contributed by atoms with Crippen molar-refractivity contribution in [3.8, 4) is 11.8 Å². The minimum absolute atomic E-state index is 0.377. The Kier molecular flexibility index (Phi) is 3.62. The van der Waals surface area contributed by atoms with E-state index in [-0.39, 0.29) is 5.82 Å². The Bertz CT molecular complexity index is 650. The van der Waals surface area contributed by atoms with Crippen LogP contribution in [0.25, 0.3) is 0 Å². The van der Waals surface area contributed by atoms with Gasteiger partial charge in [-0.25, -0.2) is 9.37 Å². The summed E-state index contributed by atoms with van der Waals surface area (Å²) in [6, 6.07) is 9.53. The molecule has 1 aromatic heterocycles. The van der Waals surface area contributed by atoms with Gasteiger partial charge in [-0.05, 0) is 31.2 Å². The van der Waals surface area contributed by atoms with Crippen LogP contribution in [0.3, 0.4) is 0 Å². The van der Waals surface area contributed by atoms with Gasteiger partial charge in [-0.1, -0.05) is 0 Å². The Labute approximate surface area is 110 Å². The van der Waals surface area contributed by atoms with E-state index in [4.69, 9.17) is 10.00 Å². The maximum absolute atomic E-state index is 13.1. The van der Waals surface area contributed by atoms with Gasteiger partial charge in [0, 0.05) is 11.8 Å². The first-order chi connectivity index (χ1) is 9.12. The van der Waals surface area contributed by atoms with Gasteiger partial charge in [0.2, 0.25) is 0 Å². The fourth-order valence-electron chi connectivity index (χ4n) is 1.70. The van der Waals surface area contributed by atoms with Crippen LogP contribution >= 0.6 is 0 Å². The van der Waals surface area contributed by atoms with E-state index in [9.17, 15) is 4.39 Å². The molecular weight excluding hydrogens is 245 g/mol. The summed E-state index contributed by atoms with van der Waals surface area (Å²) in [6.07, 6.45) is 0. The van der Waals surface area contributed by atoms with E-state index in [1.807, 2.05) is 0 Å². The number of anilines is 2. The molecule has 0 atom stereocenters. The molecule has 0 spiro atoms. The number of aromatic nitrogens is 1. The van der Waals surface area contributed by atoms with E-state index in [1.54, 1.807) is 25.1 Å². The average molecular weight is 257 g/mol. The number of benzene rings is 1. The lowest BCUT2D eigenvalue weighted by molar-refractivity contribution is 0.413. The smallest absolute Gasteiger partial charge is 0.145 e. The average Bonchev–Trinajstić information content (AvgIpc) is 2.40. The van der Waals surface area contributed by atoms with Gasteiger partial charge in [-0.2, -0.15) is 5.26 Å². The molecule has 0 saturated carbocycles. The Morgan fingerprint density at radius 3 is 2.79 bits per heavy atom. The molecule has 0 unspecified atom stereocenters. The summed E-state index contributed by atoms with van der Waals surface area (Å²) in [5.74, 6) is 0.514. The summed E-state index contributed by atoms with van der Waals surface area (Å²) in [5, 5.41) is 11.9. The summed E-state index contributed by atoms with van der Waals surface area (Å²) in [5.41, 5.74) is 1.82. The molecule has 0 amide bonds. The van der Waals surface area contributed by atoms with Crippen LogP contribution in [0.15, 0.2) is 30.3 Å². The van der Waals surface area contributed by atoms with Crippen LogP contribution in [-0.4, -0.2) is 12.1 Å². The fraction of sp³-hybridized carbons (Fsp3) is 0.143. The van der Waals surface area contributed by atoms with E-state index >= 15 is 0 Å². The molecule has 19 heavy (non-hydrogen) atoms. The molecule has 1 heterocycles. The molecule has 0 aliphatic carbocycles. The molecule has 0 fully saturated rings. The molecular formula is C14H12FN3O. The Hall–Kier alpha value is -2.61. The summed E-state index contributed by atoms with van der Waals surface area (Å²) in [4.78, 5) is 4.26. The van der Waals surface area contributed by atoms with E-state index < -0.39 is 0 Å². The minimum Gasteiger partial charge on any atom is -0.494 e. The normalized spacial score (nSPS) is 9.79. The zero-order chi connectivity index (χ0) is 13.8. The highest BCUT2D eigenvalue weighted by Gasteiger charge is 2.06. The van der Waals surface area contributed by atoms with Crippen molar-refractivity contribution in [3.63, 3.8) is 0 Å². The zero-order valence-corrected chi connectivity index (χ0v) is 10.6. The molecule has 4 nitrogen and oxygen atoms in total. The number of nitrogens with zero attached hydrogens (tertiary/aromatic N) is 2. The van der Waals surface area contributed by atoms with Crippen molar-refractivity contribution < 1.29 is 9.13 Å². The standard InChI is InChI=1S/C14H12FN3O/c1-9-5-10(8-16)6-14(17-9)18-12-4-3-11(15)7-13(12)19-2/h3-7H,1-2H3,(H,17,18). The number of nitrogens with one attached hydrogen (secondary N) is 1. The molecule has 2 rings (SSSR count). The highest BCUT2D eigenvalue weighted by atomic mass is 19.1. The number of hydrogen-bond acceptors (Lipinski definition) is 4. The Morgan fingerprint density at radius 1 is 1.32 bits per heavy atom. The molecule has 1 aromatic carbocycles. The van der Waals surface area contributed by atoms with Crippen LogP contribution in [-0.2, 0) is 0 Å². The lowest BCUT2D eigenvalue weighted by atomic mass is 10.2. The molecule has 0 aliphatic heterocycles. The van der Waals surface area contributed by atoms with Crippen LogP contribution in [0.4, 0.5) is 15.9 Å². The zero-order valence-electron chi connectivity index (χ0n) is 10.6. The Balaban J connectivity index is 2.36. The second-order valence-corrected chi connectivity index (χ2v) is 3.96. The predicted molar refractivity (Wildman–Crippen MR) is 69.9 cm³/mol. The number of halogens is 1. The third kappa shape index (κ3) is 2.99. The van der Waals surface area contributed by atoms with E-state index in [2.05, 4.69) is 16.4 Å². The topological polar surface area (TPSA) is 57.9 Å². The summed E-state index contributed by atoms with van der Waals surface area (Å²) in [6.45, 7) is 1.80. The molecule has 0 radical (unpaired) electrons. The van der Waals surface area contributed by atoms with Crippen molar-refractivity contribution in [1.82, 2.24) is 4.98 Å². The summed E-state index contributed by atoms with van der Waals surface area (Å²) in [7, 11) is 1.46. The number of hydrogen-bond donors (Lipinski definition) is 1. The summed E-state index contributed by atoms with van der Waals surface area (Å²) < 4.78 is 18.2. The number of rotatable bonds is 3. The highest BCUT2D eigenvalue weighted by Crippen LogP contribution is 2.27. The highest BCUT2D eigenvalue weighted by molar-refractivity contribution is 5.65. The van der Waals surface area contributed by atoms with Crippen LogP contribution in [0.1, 0.15) is 11.3 Å². The van der Waals surface area contributed by atoms with Crippen molar-refractivity contribution in [2.45, 2.75) is 6.92 Å². The number of nitriles is 1. The lowest BCUT2D eigenvalue weighted by Crippen LogP contribution is -1.99. The molecule has 5 heteroatoms. The first-order valence-electron chi connectivity index (χ1n) is 5.61. The monoisotopic (exact) mass is 257 g/mol. The number of aryl methyl sites for hydroxylation is 1. The SMILES string of the molecule is COc1cc(F)ccc1Nc1cc(C#N)cc(C)n1. The molecule has 2 aromatic rings. The van der Waals surface area contributed by atoms with E-state index in [0.29, 0.717) is 22.8 Å². The quantitative estimate of drug-likeness (QED) is 0.917. The van der Waals surface area contributed by atoms with Gasteiger partial charge < -0.3 is 10.1 Å². The van der Waals surface area contributed by atoms with Crippen molar-refractivity contribution in [1.29, 1.82) is 5.26 Å². The van der Waals surface area contributed by atoms with Gasteiger partial charge in [0.1, 0.15) is 17.4 Å². The van der Waals surface area contributed by atoms with Gasteiger partial charge >= 0.3 is 0 Å². The third-order valence-corrected chi connectivity index (χ3v) is 2.51. The van der Waals surface area contributed by atoms with Crippen molar-refractivity contribution in [3.05, 3.63) is 47.4 Å². The van der Waals surface area contributed by atoms with Crippen LogP contribution in [0.2, 0.25) is 0 Å². The molecule has 0 saturated heterocycles. The minimum atomic E-state index is -0.377. The van der Waals surface area contributed by atoms with Gasteiger partial charge in [-0.3, -0.25) is 0 Å².